The summed E-state index contributed by atoms with van der Waals surface area (Å²) in [5.74, 6) is 0. The Balaban J connectivity index is 1.96. The molecule has 0 aromatic heterocycles. The zero-order valence-corrected chi connectivity index (χ0v) is 11.9. The van der Waals surface area contributed by atoms with Gasteiger partial charge < -0.3 is 16.0 Å². The lowest BCUT2D eigenvalue weighted by Crippen LogP contribution is -2.55. The number of amides is 2. The number of carbonyl (C=O) groups excluding carboxylic acids is 1. The molecule has 2 amide bonds. The summed E-state index contributed by atoms with van der Waals surface area (Å²) in [6.45, 7) is 6.08. The standard InChI is InChI=1S/C15H20N4O/c1-15(2)10-17-7-6-13(15)19-14(20)18-12-5-3-4-11(8-12)9-16/h3-5,8,13,17H,6-7,10H2,1-2H3,(H2,18,19,20). The fourth-order valence-electron chi connectivity index (χ4n) is 2.43. The number of nitrogens with one attached hydrogen (secondary N) is 3. The summed E-state index contributed by atoms with van der Waals surface area (Å²) in [4.78, 5) is 12.0. The van der Waals surface area contributed by atoms with Crippen molar-refractivity contribution in [1.29, 1.82) is 5.26 Å². The maximum atomic E-state index is 12.0. The zero-order valence-electron chi connectivity index (χ0n) is 11.9. The predicted molar refractivity (Wildman–Crippen MR) is 78.4 cm³/mol. The Kier molecular flexibility index (Phi) is 4.26. The van der Waals surface area contributed by atoms with Crippen LogP contribution in [0.3, 0.4) is 0 Å². The average molecular weight is 272 g/mol. The minimum atomic E-state index is -0.222. The first-order chi connectivity index (χ1) is 9.51. The summed E-state index contributed by atoms with van der Waals surface area (Å²) in [7, 11) is 0. The number of urea groups is 1. The molecule has 0 radical (unpaired) electrons. The molecule has 1 aliphatic rings. The summed E-state index contributed by atoms with van der Waals surface area (Å²) < 4.78 is 0. The topological polar surface area (TPSA) is 76.9 Å². The van der Waals surface area contributed by atoms with E-state index in [0.29, 0.717) is 11.3 Å². The molecule has 5 nitrogen and oxygen atoms in total. The van der Waals surface area contributed by atoms with E-state index in [2.05, 4.69) is 35.9 Å². The molecule has 1 saturated heterocycles. The van der Waals surface area contributed by atoms with Crippen LogP contribution in [0.4, 0.5) is 10.5 Å². The van der Waals surface area contributed by atoms with Crippen LogP contribution in [-0.4, -0.2) is 25.2 Å². The number of benzene rings is 1. The molecule has 0 spiro atoms. The smallest absolute Gasteiger partial charge is 0.319 e. The van der Waals surface area contributed by atoms with Gasteiger partial charge in [0.1, 0.15) is 0 Å². The Morgan fingerprint density at radius 2 is 2.30 bits per heavy atom. The third kappa shape index (κ3) is 3.49. The van der Waals surface area contributed by atoms with Crippen molar-refractivity contribution < 1.29 is 4.79 Å². The third-order valence-electron chi connectivity index (χ3n) is 3.69. The number of nitriles is 1. The first-order valence-corrected chi connectivity index (χ1v) is 6.80. The van der Waals surface area contributed by atoms with Gasteiger partial charge in [0.15, 0.2) is 0 Å². The number of rotatable bonds is 2. The van der Waals surface area contributed by atoms with Gasteiger partial charge in [-0.1, -0.05) is 19.9 Å². The SMILES string of the molecule is CC1(C)CNCCC1NC(=O)Nc1cccc(C#N)c1. The van der Waals surface area contributed by atoms with Crippen molar-refractivity contribution >= 4 is 11.7 Å². The van der Waals surface area contributed by atoms with E-state index in [0.717, 1.165) is 19.5 Å². The lowest BCUT2D eigenvalue weighted by Gasteiger charge is -2.39. The van der Waals surface area contributed by atoms with Crippen molar-refractivity contribution in [1.82, 2.24) is 10.6 Å². The van der Waals surface area contributed by atoms with Crippen LogP contribution in [0, 0.1) is 16.7 Å². The molecule has 2 rings (SSSR count). The molecule has 1 fully saturated rings. The Labute approximate surface area is 119 Å². The lowest BCUT2D eigenvalue weighted by molar-refractivity contribution is 0.184. The van der Waals surface area contributed by atoms with Crippen molar-refractivity contribution in [3.8, 4) is 6.07 Å². The Bertz CT molecular complexity index is 533. The summed E-state index contributed by atoms with van der Waals surface area (Å²) in [6, 6.07) is 8.87. The molecule has 0 saturated carbocycles. The molecule has 5 heteroatoms. The molecule has 20 heavy (non-hydrogen) atoms. The van der Waals surface area contributed by atoms with Crippen LogP contribution < -0.4 is 16.0 Å². The van der Waals surface area contributed by atoms with Gasteiger partial charge in [0.25, 0.3) is 0 Å². The summed E-state index contributed by atoms with van der Waals surface area (Å²) in [5.41, 5.74) is 1.20. The lowest BCUT2D eigenvalue weighted by atomic mass is 9.80. The highest BCUT2D eigenvalue weighted by Gasteiger charge is 2.33. The molecule has 1 atom stereocenters. The van der Waals surface area contributed by atoms with Crippen LogP contribution in [-0.2, 0) is 0 Å². The van der Waals surface area contributed by atoms with Crippen molar-refractivity contribution in [3.63, 3.8) is 0 Å². The minimum absolute atomic E-state index is 0.0318. The van der Waals surface area contributed by atoms with E-state index < -0.39 is 0 Å². The highest BCUT2D eigenvalue weighted by Crippen LogP contribution is 2.25. The summed E-state index contributed by atoms with van der Waals surface area (Å²) in [5, 5.41) is 18.0. The fourth-order valence-corrected chi connectivity index (χ4v) is 2.43. The molecule has 1 aliphatic heterocycles. The second-order valence-electron chi connectivity index (χ2n) is 5.80. The largest absolute Gasteiger partial charge is 0.335 e. The van der Waals surface area contributed by atoms with E-state index in [9.17, 15) is 4.79 Å². The second-order valence-corrected chi connectivity index (χ2v) is 5.80. The number of nitrogens with zero attached hydrogens (tertiary/aromatic N) is 1. The van der Waals surface area contributed by atoms with Crippen molar-refractivity contribution in [2.45, 2.75) is 26.3 Å². The van der Waals surface area contributed by atoms with E-state index in [1.165, 1.54) is 0 Å². The van der Waals surface area contributed by atoms with Crippen LogP contribution in [0.5, 0.6) is 0 Å². The van der Waals surface area contributed by atoms with Gasteiger partial charge in [-0.2, -0.15) is 5.26 Å². The van der Waals surface area contributed by atoms with Gasteiger partial charge in [-0.05, 0) is 36.6 Å². The van der Waals surface area contributed by atoms with E-state index >= 15 is 0 Å². The quantitative estimate of drug-likeness (QED) is 0.771. The van der Waals surface area contributed by atoms with Gasteiger partial charge in [0, 0.05) is 18.3 Å². The first kappa shape index (κ1) is 14.4. The monoisotopic (exact) mass is 272 g/mol. The van der Waals surface area contributed by atoms with Gasteiger partial charge in [-0.15, -0.1) is 0 Å². The minimum Gasteiger partial charge on any atom is -0.335 e. The molecular weight excluding hydrogens is 252 g/mol. The first-order valence-electron chi connectivity index (χ1n) is 6.80. The number of anilines is 1. The maximum absolute atomic E-state index is 12.0. The number of piperidine rings is 1. The molecule has 0 aliphatic carbocycles. The number of carbonyl (C=O) groups is 1. The molecule has 106 valence electrons. The number of hydrogen-bond donors (Lipinski definition) is 3. The van der Waals surface area contributed by atoms with Gasteiger partial charge >= 0.3 is 6.03 Å². The van der Waals surface area contributed by atoms with Gasteiger partial charge in [0.05, 0.1) is 11.6 Å². The van der Waals surface area contributed by atoms with Crippen molar-refractivity contribution in [2.75, 3.05) is 18.4 Å². The molecule has 3 N–H and O–H groups in total. The Morgan fingerprint density at radius 1 is 1.50 bits per heavy atom. The maximum Gasteiger partial charge on any atom is 0.319 e. The Hall–Kier alpha value is -2.06. The van der Waals surface area contributed by atoms with E-state index in [4.69, 9.17) is 5.26 Å². The summed E-state index contributed by atoms with van der Waals surface area (Å²) >= 11 is 0. The van der Waals surface area contributed by atoms with E-state index in [1.54, 1.807) is 24.3 Å². The second kappa shape index (κ2) is 5.93. The van der Waals surface area contributed by atoms with Crippen LogP contribution in [0.1, 0.15) is 25.8 Å². The van der Waals surface area contributed by atoms with Crippen LogP contribution in [0.25, 0.3) is 0 Å². The predicted octanol–water partition coefficient (Wildman–Crippen LogP) is 2.07. The van der Waals surface area contributed by atoms with E-state index in [-0.39, 0.29) is 17.5 Å². The van der Waals surface area contributed by atoms with Gasteiger partial charge in [-0.25, -0.2) is 4.79 Å². The van der Waals surface area contributed by atoms with E-state index in [1.807, 2.05) is 0 Å². The van der Waals surface area contributed by atoms with Crippen LogP contribution >= 0.6 is 0 Å². The molecule has 1 heterocycles. The molecule has 1 aromatic rings. The summed E-state index contributed by atoms with van der Waals surface area (Å²) in [6.07, 6.45) is 0.915. The molecule has 1 aromatic carbocycles. The fraction of sp³-hybridized carbons (Fsp3) is 0.467. The van der Waals surface area contributed by atoms with Crippen LogP contribution in [0.2, 0.25) is 0 Å². The zero-order chi connectivity index (χ0) is 14.6. The third-order valence-corrected chi connectivity index (χ3v) is 3.69. The number of hydrogen-bond acceptors (Lipinski definition) is 3. The normalized spacial score (nSPS) is 20.8. The van der Waals surface area contributed by atoms with Gasteiger partial charge in [-0.3, -0.25) is 0 Å². The Morgan fingerprint density at radius 3 is 3.00 bits per heavy atom. The average Bonchev–Trinajstić information content (AvgIpc) is 2.41. The molecule has 0 bridgehead atoms. The molecular formula is C15H20N4O. The highest BCUT2D eigenvalue weighted by molar-refractivity contribution is 5.89. The van der Waals surface area contributed by atoms with Crippen LogP contribution in [0.15, 0.2) is 24.3 Å². The van der Waals surface area contributed by atoms with Crippen molar-refractivity contribution in [2.24, 2.45) is 5.41 Å². The molecule has 1 unspecified atom stereocenters. The highest BCUT2D eigenvalue weighted by atomic mass is 16.2. The van der Waals surface area contributed by atoms with Gasteiger partial charge in [0.2, 0.25) is 0 Å². The van der Waals surface area contributed by atoms with Crippen molar-refractivity contribution in [3.05, 3.63) is 29.8 Å².